The lowest BCUT2D eigenvalue weighted by atomic mass is 10.0. The summed E-state index contributed by atoms with van der Waals surface area (Å²) in [4.78, 5) is 10.3. The number of benzene rings is 2. The van der Waals surface area contributed by atoms with E-state index in [0.29, 0.717) is 22.6 Å². The van der Waals surface area contributed by atoms with Gasteiger partial charge in [0.1, 0.15) is 11.5 Å². The maximum Gasteiger partial charge on any atom is 0.269 e. The number of non-ortho nitro benzene ring substituents is 1. The van der Waals surface area contributed by atoms with Crippen molar-refractivity contribution in [2.75, 3.05) is 5.32 Å². The van der Waals surface area contributed by atoms with Crippen molar-refractivity contribution in [3.05, 3.63) is 82.1 Å². The summed E-state index contributed by atoms with van der Waals surface area (Å²) < 4.78 is 5.68. The number of nitro groups is 1. The van der Waals surface area contributed by atoms with Gasteiger partial charge in [-0.3, -0.25) is 15.5 Å². The van der Waals surface area contributed by atoms with Crippen molar-refractivity contribution in [1.82, 2.24) is 5.43 Å². The van der Waals surface area contributed by atoms with Crippen LogP contribution >= 0.6 is 12.2 Å². The molecule has 3 rings (SSSR count). The van der Waals surface area contributed by atoms with E-state index in [0.717, 1.165) is 11.3 Å². The molecule has 1 aromatic heterocycles. The predicted molar refractivity (Wildman–Crippen MR) is 118 cm³/mol. The number of nitrogens with one attached hydrogen (secondary N) is 2. The van der Waals surface area contributed by atoms with Gasteiger partial charge in [-0.05, 0) is 60.1 Å². The van der Waals surface area contributed by atoms with Crippen LogP contribution in [0.15, 0.2) is 70.2 Å². The zero-order valence-corrected chi connectivity index (χ0v) is 16.8. The van der Waals surface area contributed by atoms with Gasteiger partial charge in [0.15, 0.2) is 5.11 Å². The van der Waals surface area contributed by atoms with Crippen LogP contribution in [0.5, 0.6) is 0 Å². The van der Waals surface area contributed by atoms with Gasteiger partial charge in [-0.15, -0.1) is 0 Å². The van der Waals surface area contributed by atoms with Gasteiger partial charge in [-0.2, -0.15) is 5.10 Å². The van der Waals surface area contributed by atoms with E-state index in [9.17, 15) is 10.1 Å². The lowest BCUT2D eigenvalue weighted by molar-refractivity contribution is -0.384. The van der Waals surface area contributed by atoms with Crippen LogP contribution in [-0.4, -0.2) is 16.3 Å². The number of nitro benzene ring substituents is 1. The quantitative estimate of drug-likeness (QED) is 0.249. The zero-order valence-electron chi connectivity index (χ0n) is 16.0. The van der Waals surface area contributed by atoms with Crippen LogP contribution in [-0.2, 0) is 0 Å². The normalized spacial score (nSPS) is 11.0. The number of anilines is 1. The molecule has 3 aromatic rings. The van der Waals surface area contributed by atoms with Crippen molar-refractivity contribution < 1.29 is 9.34 Å². The number of nitrogens with zero attached hydrogens (tertiary/aromatic N) is 2. The molecule has 0 saturated carbocycles. The highest BCUT2D eigenvalue weighted by Gasteiger charge is 2.08. The van der Waals surface area contributed by atoms with Crippen molar-refractivity contribution in [2.24, 2.45) is 5.10 Å². The molecule has 2 aromatic carbocycles. The van der Waals surface area contributed by atoms with Gasteiger partial charge in [-0.25, -0.2) is 0 Å². The molecule has 0 aliphatic carbocycles. The molecular formula is C21H20N4O3S. The second-order valence-corrected chi connectivity index (χ2v) is 7.02. The first-order valence-corrected chi connectivity index (χ1v) is 9.38. The Balaban J connectivity index is 1.55. The summed E-state index contributed by atoms with van der Waals surface area (Å²) in [5, 5.41) is 18.2. The van der Waals surface area contributed by atoms with Crippen LogP contribution < -0.4 is 10.7 Å². The molecule has 0 bridgehead atoms. The molecule has 1 heterocycles. The first-order valence-electron chi connectivity index (χ1n) is 8.97. The predicted octanol–water partition coefficient (Wildman–Crippen LogP) is 5.30. The Morgan fingerprint density at radius 1 is 1.10 bits per heavy atom. The Hall–Kier alpha value is -3.52. The largest absolute Gasteiger partial charge is 0.455 e. The molecule has 0 amide bonds. The van der Waals surface area contributed by atoms with Gasteiger partial charge in [0.2, 0.25) is 0 Å². The lowest BCUT2D eigenvalue weighted by Crippen LogP contribution is -2.23. The third-order valence-corrected chi connectivity index (χ3v) is 4.38. The Kier molecular flexibility index (Phi) is 6.36. The maximum atomic E-state index is 10.7. The average molecular weight is 408 g/mol. The Bertz CT molecular complexity index is 1020. The van der Waals surface area contributed by atoms with Crippen LogP contribution in [0.2, 0.25) is 0 Å². The molecule has 0 aliphatic heterocycles. The molecule has 0 radical (unpaired) electrons. The molecular weight excluding hydrogens is 388 g/mol. The van der Waals surface area contributed by atoms with E-state index in [1.807, 2.05) is 12.1 Å². The van der Waals surface area contributed by atoms with Crippen LogP contribution in [0, 0.1) is 10.1 Å². The molecule has 0 spiro atoms. The van der Waals surface area contributed by atoms with Crippen LogP contribution in [0.4, 0.5) is 11.4 Å². The number of hydrazone groups is 1. The lowest BCUT2D eigenvalue weighted by Gasteiger charge is -2.09. The van der Waals surface area contributed by atoms with Crippen molar-refractivity contribution in [2.45, 2.75) is 19.8 Å². The van der Waals surface area contributed by atoms with E-state index in [2.05, 4.69) is 41.8 Å². The Morgan fingerprint density at radius 3 is 2.41 bits per heavy atom. The topological polar surface area (TPSA) is 92.7 Å². The highest BCUT2D eigenvalue weighted by molar-refractivity contribution is 7.80. The minimum Gasteiger partial charge on any atom is -0.455 e. The summed E-state index contributed by atoms with van der Waals surface area (Å²) in [6, 6.07) is 17.7. The maximum absolute atomic E-state index is 10.7. The smallest absolute Gasteiger partial charge is 0.269 e. The summed E-state index contributed by atoms with van der Waals surface area (Å²) in [6.45, 7) is 4.29. The van der Waals surface area contributed by atoms with E-state index in [4.69, 9.17) is 16.6 Å². The molecule has 2 N–H and O–H groups in total. The average Bonchev–Trinajstić information content (AvgIpc) is 3.17. The fourth-order valence-electron chi connectivity index (χ4n) is 2.59. The van der Waals surface area contributed by atoms with Crippen LogP contribution in [0.25, 0.3) is 11.3 Å². The standard InChI is InChI=1S/C21H20N4O3S/c1-14(2)15-3-7-17(8-4-15)23-21(29)24-22-13-19-11-12-20(28-19)16-5-9-18(10-6-16)25(26)27/h3-14H,1-2H3,(H2,23,24,29)/b22-13-. The van der Waals surface area contributed by atoms with Crippen molar-refractivity contribution in [1.29, 1.82) is 0 Å². The fraction of sp³-hybridized carbons (Fsp3) is 0.143. The highest BCUT2D eigenvalue weighted by Crippen LogP contribution is 2.24. The number of hydrogen-bond acceptors (Lipinski definition) is 5. The van der Waals surface area contributed by atoms with E-state index < -0.39 is 4.92 Å². The van der Waals surface area contributed by atoms with Crippen LogP contribution in [0.3, 0.4) is 0 Å². The SMILES string of the molecule is CC(C)c1ccc(NC(=S)N/N=C\c2ccc(-c3ccc([N+](=O)[O-])cc3)o2)cc1. The molecule has 8 heteroatoms. The Morgan fingerprint density at radius 2 is 1.79 bits per heavy atom. The first-order chi connectivity index (χ1) is 13.9. The van der Waals surface area contributed by atoms with E-state index in [1.54, 1.807) is 24.3 Å². The third-order valence-electron chi connectivity index (χ3n) is 4.18. The van der Waals surface area contributed by atoms with E-state index in [-0.39, 0.29) is 5.69 Å². The molecule has 0 fully saturated rings. The summed E-state index contributed by atoms with van der Waals surface area (Å²) in [5.74, 6) is 1.59. The minimum atomic E-state index is -0.439. The van der Waals surface area contributed by atoms with Gasteiger partial charge in [0.25, 0.3) is 5.69 Å². The van der Waals surface area contributed by atoms with Gasteiger partial charge in [-0.1, -0.05) is 26.0 Å². The van der Waals surface area contributed by atoms with Crippen molar-refractivity contribution in [3.8, 4) is 11.3 Å². The minimum absolute atomic E-state index is 0.0335. The second kappa shape index (κ2) is 9.11. The van der Waals surface area contributed by atoms with Crippen molar-refractivity contribution in [3.63, 3.8) is 0 Å². The number of hydrogen-bond donors (Lipinski definition) is 2. The number of thiocarbonyl (C=S) groups is 1. The number of furan rings is 1. The Labute approximate surface area is 173 Å². The van der Waals surface area contributed by atoms with Gasteiger partial charge in [0, 0.05) is 23.4 Å². The highest BCUT2D eigenvalue weighted by atomic mass is 32.1. The first kappa shape index (κ1) is 20.2. The summed E-state index contributed by atoms with van der Waals surface area (Å²) in [6.07, 6.45) is 1.50. The third kappa shape index (κ3) is 5.49. The molecule has 0 atom stereocenters. The summed E-state index contributed by atoms with van der Waals surface area (Å²) in [5.41, 5.74) is 5.65. The van der Waals surface area contributed by atoms with Gasteiger partial charge in [0.05, 0.1) is 11.1 Å². The zero-order chi connectivity index (χ0) is 20.8. The molecule has 29 heavy (non-hydrogen) atoms. The summed E-state index contributed by atoms with van der Waals surface area (Å²) >= 11 is 5.23. The van der Waals surface area contributed by atoms with E-state index in [1.165, 1.54) is 23.9 Å². The molecule has 0 aliphatic rings. The molecule has 0 unspecified atom stereocenters. The van der Waals surface area contributed by atoms with Gasteiger partial charge < -0.3 is 9.73 Å². The fourth-order valence-corrected chi connectivity index (χ4v) is 2.76. The molecule has 148 valence electrons. The monoisotopic (exact) mass is 408 g/mol. The van der Waals surface area contributed by atoms with Gasteiger partial charge >= 0.3 is 0 Å². The van der Waals surface area contributed by atoms with Crippen LogP contribution in [0.1, 0.15) is 31.1 Å². The summed E-state index contributed by atoms with van der Waals surface area (Å²) in [7, 11) is 0. The molecule has 0 saturated heterocycles. The van der Waals surface area contributed by atoms with Crippen molar-refractivity contribution >= 4 is 34.9 Å². The van der Waals surface area contributed by atoms with E-state index >= 15 is 0 Å². The molecule has 7 nitrogen and oxygen atoms in total. The second-order valence-electron chi connectivity index (χ2n) is 6.61. The number of rotatable bonds is 6.